The second kappa shape index (κ2) is 5.29. The van der Waals surface area contributed by atoms with Gasteiger partial charge in [0.15, 0.2) is 0 Å². The van der Waals surface area contributed by atoms with E-state index in [0.29, 0.717) is 12.8 Å². The van der Waals surface area contributed by atoms with Crippen LogP contribution in [-0.4, -0.2) is 48.6 Å². The number of methoxy groups -OCH3 is 1. The molecule has 1 aliphatic carbocycles. The largest absolute Gasteiger partial charge is 0.396 e. The molecule has 14 heavy (non-hydrogen) atoms. The summed E-state index contributed by atoms with van der Waals surface area (Å²) in [5, 5.41) is 21.1. The van der Waals surface area contributed by atoms with Crippen molar-refractivity contribution in [2.24, 2.45) is 5.92 Å². The lowest BCUT2D eigenvalue weighted by Crippen LogP contribution is -2.35. The Morgan fingerprint density at radius 2 is 2.29 bits per heavy atom. The van der Waals surface area contributed by atoms with Gasteiger partial charge in [-0.1, -0.05) is 0 Å². The van der Waals surface area contributed by atoms with Gasteiger partial charge in [-0.2, -0.15) is 0 Å². The highest BCUT2D eigenvalue weighted by molar-refractivity contribution is 5.77. The van der Waals surface area contributed by atoms with Crippen molar-refractivity contribution in [1.29, 1.82) is 0 Å². The molecule has 5 heteroatoms. The van der Waals surface area contributed by atoms with Gasteiger partial charge in [0.2, 0.25) is 5.91 Å². The van der Waals surface area contributed by atoms with Gasteiger partial charge >= 0.3 is 0 Å². The van der Waals surface area contributed by atoms with Gasteiger partial charge in [0.05, 0.1) is 6.10 Å². The monoisotopic (exact) mass is 203 g/mol. The lowest BCUT2D eigenvalue weighted by Gasteiger charge is -2.11. The fraction of sp³-hybridized carbons (Fsp3) is 0.889. The molecule has 0 radical (unpaired) electrons. The molecule has 0 aliphatic heterocycles. The zero-order valence-corrected chi connectivity index (χ0v) is 8.27. The minimum absolute atomic E-state index is 0.0299. The normalized spacial score (nSPS) is 31.8. The lowest BCUT2D eigenvalue weighted by atomic mass is 10.1. The molecule has 0 aromatic rings. The van der Waals surface area contributed by atoms with E-state index in [0.717, 1.165) is 0 Å². The summed E-state index contributed by atoms with van der Waals surface area (Å²) in [5.41, 5.74) is 0. The van der Waals surface area contributed by atoms with Crippen molar-refractivity contribution in [3.8, 4) is 0 Å². The molecule has 0 aromatic heterocycles. The molecule has 0 heterocycles. The summed E-state index contributed by atoms with van der Waals surface area (Å²) in [6.45, 7) is 0.00814. The number of ether oxygens (including phenoxy) is 1. The molecule has 82 valence electrons. The summed E-state index contributed by atoms with van der Waals surface area (Å²) in [4.78, 5) is 11.1. The van der Waals surface area contributed by atoms with Crippen LogP contribution in [0.25, 0.3) is 0 Å². The van der Waals surface area contributed by atoms with Crippen molar-refractivity contribution < 1.29 is 19.7 Å². The third-order valence-electron chi connectivity index (χ3n) is 2.53. The van der Waals surface area contributed by atoms with Crippen molar-refractivity contribution in [3.05, 3.63) is 0 Å². The maximum Gasteiger partial charge on any atom is 0.246 e. The van der Waals surface area contributed by atoms with E-state index in [9.17, 15) is 9.90 Å². The average Bonchev–Trinajstić information content (AvgIpc) is 2.46. The molecule has 1 aliphatic rings. The molecule has 1 rings (SSSR count). The van der Waals surface area contributed by atoms with Crippen LogP contribution in [0.4, 0.5) is 0 Å². The van der Waals surface area contributed by atoms with E-state index in [2.05, 4.69) is 10.1 Å². The number of carbonyl (C=O) groups excluding carboxylic acids is 1. The maximum atomic E-state index is 11.1. The first-order valence-corrected chi connectivity index (χ1v) is 4.74. The third-order valence-corrected chi connectivity index (χ3v) is 2.53. The second-order valence-electron chi connectivity index (χ2n) is 3.68. The van der Waals surface area contributed by atoms with E-state index in [1.165, 1.54) is 7.11 Å². The predicted octanol–water partition coefficient (Wildman–Crippen LogP) is -1.12. The molecule has 1 saturated carbocycles. The topological polar surface area (TPSA) is 78.8 Å². The number of nitrogens with one attached hydrogen (secondary N) is 1. The highest BCUT2D eigenvalue weighted by Crippen LogP contribution is 2.25. The van der Waals surface area contributed by atoms with Crippen molar-refractivity contribution >= 4 is 5.91 Å². The molecule has 3 N–H and O–H groups in total. The number of hydrogen-bond acceptors (Lipinski definition) is 4. The van der Waals surface area contributed by atoms with Crippen LogP contribution in [0, 0.1) is 5.92 Å². The van der Waals surface area contributed by atoms with Crippen molar-refractivity contribution in [2.75, 3.05) is 20.3 Å². The quantitative estimate of drug-likeness (QED) is 0.541. The van der Waals surface area contributed by atoms with Crippen LogP contribution in [0.15, 0.2) is 0 Å². The van der Waals surface area contributed by atoms with Crippen LogP contribution in [-0.2, 0) is 9.53 Å². The molecule has 1 amide bonds. The first-order valence-electron chi connectivity index (χ1n) is 4.74. The molecule has 0 bridgehead atoms. The Hall–Kier alpha value is -0.650. The Morgan fingerprint density at radius 3 is 2.79 bits per heavy atom. The molecule has 1 fully saturated rings. The van der Waals surface area contributed by atoms with Crippen molar-refractivity contribution in [1.82, 2.24) is 5.32 Å². The minimum Gasteiger partial charge on any atom is -0.396 e. The number of aliphatic hydroxyl groups is 2. The van der Waals surface area contributed by atoms with Crippen molar-refractivity contribution in [2.45, 2.75) is 25.0 Å². The molecule has 5 nitrogen and oxygen atoms in total. The average molecular weight is 203 g/mol. The smallest absolute Gasteiger partial charge is 0.246 e. The van der Waals surface area contributed by atoms with Crippen molar-refractivity contribution in [3.63, 3.8) is 0 Å². The second-order valence-corrected chi connectivity index (χ2v) is 3.68. The van der Waals surface area contributed by atoms with Gasteiger partial charge in [0.25, 0.3) is 0 Å². The van der Waals surface area contributed by atoms with E-state index in [1.807, 2.05) is 0 Å². The van der Waals surface area contributed by atoms with Crippen LogP contribution in [0.2, 0.25) is 0 Å². The van der Waals surface area contributed by atoms with E-state index in [1.54, 1.807) is 0 Å². The fourth-order valence-corrected chi connectivity index (χ4v) is 1.82. The summed E-state index contributed by atoms with van der Waals surface area (Å²) in [6, 6.07) is -0.0372. The Labute approximate surface area is 83.1 Å². The minimum atomic E-state index is -0.507. The van der Waals surface area contributed by atoms with Crippen LogP contribution < -0.4 is 5.32 Å². The summed E-state index contributed by atoms with van der Waals surface area (Å²) >= 11 is 0. The van der Waals surface area contributed by atoms with Crippen LogP contribution >= 0.6 is 0 Å². The van der Waals surface area contributed by atoms with Crippen LogP contribution in [0.5, 0.6) is 0 Å². The van der Waals surface area contributed by atoms with E-state index >= 15 is 0 Å². The molecule has 3 atom stereocenters. The Balaban J connectivity index is 2.31. The highest BCUT2D eigenvalue weighted by Gasteiger charge is 2.32. The van der Waals surface area contributed by atoms with Gasteiger partial charge in [-0.25, -0.2) is 0 Å². The maximum absolute atomic E-state index is 11.1. The number of aliphatic hydroxyl groups excluding tert-OH is 2. The molecule has 0 unspecified atom stereocenters. The number of rotatable bonds is 4. The van der Waals surface area contributed by atoms with Gasteiger partial charge in [0, 0.05) is 25.7 Å². The fourth-order valence-electron chi connectivity index (χ4n) is 1.82. The molecular formula is C9H17NO4. The van der Waals surface area contributed by atoms with Gasteiger partial charge in [-0.3, -0.25) is 4.79 Å². The lowest BCUT2D eigenvalue weighted by molar-refractivity contribution is -0.125. The van der Waals surface area contributed by atoms with Gasteiger partial charge in [-0.15, -0.1) is 0 Å². The third kappa shape index (κ3) is 2.94. The number of amides is 1. The predicted molar refractivity (Wildman–Crippen MR) is 49.6 cm³/mol. The Bertz CT molecular complexity index is 197. The summed E-state index contributed by atoms with van der Waals surface area (Å²) in [5.74, 6) is -0.286. The first-order chi connectivity index (χ1) is 6.67. The van der Waals surface area contributed by atoms with Crippen LogP contribution in [0.1, 0.15) is 12.8 Å². The Kier molecular flexibility index (Phi) is 4.31. The zero-order valence-electron chi connectivity index (χ0n) is 8.27. The standard InChI is InChI=1S/C9H17NO4/c1-14-5-9(13)10-7-2-6(4-11)8(12)3-7/h6-8,11-12H,2-5H2,1H3,(H,10,13)/t6-,7+,8-/m1/s1. The highest BCUT2D eigenvalue weighted by atomic mass is 16.5. The van der Waals surface area contributed by atoms with Gasteiger partial charge < -0.3 is 20.3 Å². The summed E-state index contributed by atoms with van der Waals surface area (Å²) in [7, 11) is 1.46. The molecule has 0 aromatic carbocycles. The van der Waals surface area contributed by atoms with E-state index in [4.69, 9.17) is 5.11 Å². The summed E-state index contributed by atoms with van der Waals surface area (Å²) < 4.78 is 4.67. The van der Waals surface area contributed by atoms with Gasteiger partial charge in [0.1, 0.15) is 6.61 Å². The van der Waals surface area contributed by atoms with E-state index < -0.39 is 6.10 Å². The number of hydrogen-bond donors (Lipinski definition) is 3. The molecular weight excluding hydrogens is 186 g/mol. The first kappa shape index (κ1) is 11.4. The summed E-state index contributed by atoms with van der Waals surface area (Å²) in [6.07, 6.45) is 0.640. The number of carbonyl (C=O) groups is 1. The zero-order chi connectivity index (χ0) is 10.6. The van der Waals surface area contributed by atoms with Crippen LogP contribution in [0.3, 0.4) is 0 Å². The SMILES string of the molecule is COCC(=O)N[C@H]1C[C@H](CO)[C@H](O)C1. The van der Waals surface area contributed by atoms with Gasteiger partial charge in [-0.05, 0) is 12.8 Å². The molecule has 0 saturated heterocycles. The van der Waals surface area contributed by atoms with E-state index in [-0.39, 0.29) is 31.1 Å². The molecule has 0 spiro atoms. The Morgan fingerprint density at radius 1 is 1.57 bits per heavy atom.